The van der Waals surface area contributed by atoms with Crippen LogP contribution < -0.4 is 9.47 Å². The van der Waals surface area contributed by atoms with Crippen molar-refractivity contribution in [2.45, 2.75) is 17.8 Å². The molecule has 4 nitrogen and oxygen atoms in total. The van der Waals surface area contributed by atoms with Gasteiger partial charge < -0.3 is 9.47 Å². The molecule has 0 aliphatic carbocycles. The fourth-order valence-electron chi connectivity index (χ4n) is 2.18. The van der Waals surface area contributed by atoms with Crippen molar-refractivity contribution in [3.05, 3.63) is 64.1 Å². The summed E-state index contributed by atoms with van der Waals surface area (Å²) in [6, 6.07) is 17.8. The first-order chi connectivity index (χ1) is 12.7. The number of para-hydroxylation sites is 1. The van der Waals surface area contributed by atoms with Gasteiger partial charge in [0, 0.05) is 5.75 Å². The van der Waals surface area contributed by atoms with Crippen molar-refractivity contribution in [2.75, 3.05) is 19.0 Å². The zero-order valence-electron chi connectivity index (χ0n) is 14.5. The number of aromatic nitrogens is 2. The molecule has 7 heteroatoms. The maximum atomic E-state index is 5.75. The average Bonchev–Trinajstić information content (AvgIpc) is 3.01. The molecule has 0 aliphatic rings. The first-order valence-corrected chi connectivity index (χ1v) is 10.5. The highest BCUT2D eigenvalue weighted by molar-refractivity contribution is 8.01. The Balaban J connectivity index is 1.41. The standard InChI is InChI=1S/C19H20N2O2S3/c1-15-7-9-17(10-8-15)22-12-11-21-19(24)26-18(20-21)25-14-13-23-16-5-3-2-4-6-16/h2-10H,11-14H2,1H3. The van der Waals surface area contributed by atoms with Gasteiger partial charge in [-0.2, -0.15) is 5.10 Å². The van der Waals surface area contributed by atoms with Crippen LogP contribution in [0.4, 0.5) is 0 Å². The molecule has 0 aliphatic heterocycles. The Morgan fingerprint density at radius 1 is 1.00 bits per heavy atom. The number of rotatable bonds is 9. The molecule has 0 fully saturated rings. The van der Waals surface area contributed by atoms with Crippen LogP contribution in [-0.2, 0) is 6.54 Å². The second-order valence-corrected chi connectivity index (χ2v) is 8.49. The molecular formula is C19H20N2O2S3. The smallest absolute Gasteiger partial charge is 0.180 e. The van der Waals surface area contributed by atoms with Gasteiger partial charge in [0.05, 0.1) is 13.2 Å². The molecule has 136 valence electrons. The molecule has 0 amide bonds. The van der Waals surface area contributed by atoms with Crippen molar-refractivity contribution >= 4 is 35.3 Å². The van der Waals surface area contributed by atoms with Crippen LogP contribution in [0.3, 0.4) is 0 Å². The molecule has 0 saturated heterocycles. The Hall–Kier alpha value is -1.83. The summed E-state index contributed by atoms with van der Waals surface area (Å²) in [4.78, 5) is 0. The molecule has 0 atom stereocenters. The van der Waals surface area contributed by atoms with Crippen LogP contribution >= 0.6 is 35.3 Å². The lowest BCUT2D eigenvalue weighted by Crippen LogP contribution is -2.09. The third kappa shape index (κ3) is 5.86. The van der Waals surface area contributed by atoms with Crippen LogP contribution in [0.1, 0.15) is 5.56 Å². The molecule has 1 heterocycles. The number of hydrogen-bond acceptors (Lipinski definition) is 6. The zero-order chi connectivity index (χ0) is 18.2. The van der Waals surface area contributed by atoms with Crippen LogP contribution in [0.25, 0.3) is 0 Å². The summed E-state index contributed by atoms with van der Waals surface area (Å²) in [7, 11) is 0. The van der Waals surface area contributed by atoms with Crippen LogP contribution in [0.5, 0.6) is 11.5 Å². The van der Waals surface area contributed by atoms with E-state index in [4.69, 9.17) is 21.7 Å². The SMILES string of the molecule is Cc1ccc(OCCn2nc(SCCOc3ccccc3)sc2=S)cc1. The van der Waals surface area contributed by atoms with Gasteiger partial charge in [-0.25, -0.2) is 4.68 Å². The maximum absolute atomic E-state index is 5.75. The van der Waals surface area contributed by atoms with E-state index in [2.05, 4.69) is 12.0 Å². The van der Waals surface area contributed by atoms with Gasteiger partial charge in [-0.1, -0.05) is 59.0 Å². The van der Waals surface area contributed by atoms with Crippen molar-refractivity contribution in [1.82, 2.24) is 9.78 Å². The summed E-state index contributed by atoms with van der Waals surface area (Å²) in [6.45, 7) is 3.88. The van der Waals surface area contributed by atoms with Gasteiger partial charge in [0.15, 0.2) is 8.29 Å². The fraction of sp³-hybridized carbons (Fsp3) is 0.263. The molecule has 3 aromatic rings. The molecule has 0 unspecified atom stereocenters. The number of thioether (sulfide) groups is 1. The van der Waals surface area contributed by atoms with Gasteiger partial charge in [-0.15, -0.1) is 0 Å². The maximum Gasteiger partial charge on any atom is 0.180 e. The molecule has 0 N–H and O–H groups in total. The molecular weight excluding hydrogens is 384 g/mol. The summed E-state index contributed by atoms with van der Waals surface area (Å²) in [5, 5.41) is 4.56. The normalized spacial score (nSPS) is 10.7. The molecule has 0 spiro atoms. The van der Waals surface area contributed by atoms with Gasteiger partial charge in [0.25, 0.3) is 0 Å². The van der Waals surface area contributed by atoms with E-state index in [0.29, 0.717) is 19.8 Å². The van der Waals surface area contributed by atoms with E-state index < -0.39 is 0 Å². The highest BCUT2D eigenvalue weighted by Gasteiger charge is 2.05. The van der Waals surface area contributed by atoms with E-state index in [1.807, 2.05) is 59.3 Å². The number of ether oxygens (including phenoxy) is 2. The van der Waals surface area contributed by atoms with Crippen molar-refractivity contribution in [3.63, 3.8) is 0 Å². The first-order valence-electron chi connectivity index (χ1n) is 8.29. The zero-order valence-corrected chi connectivity index (χ0v) is 16.9. The Labute approximate surface area is 166 Å². The first kappa shape index (κ1) is 18.9. The van der Waals surface area contributed by atoms with Crippen LogP contribution in [-0.4, -0.2) is 28.7 Å². The number of benzene rings is 2. The Bertz CT molecular complexity index is 860. The van der Waals surface area contributed by atoms with Crippen LogP contribution in [0, 0.1) is 10.9 Å². The summed E-state index contributed by atoms with van der Waals surface area (Å²) in [5.74, 6) is 2.58. The Morgan fingerprint density at radius 2 is 1.69 bits per heavy atom. The minimum Gasteiger partial charge on any atom is -0.493 e. The third-order valence-electron chi connectivity index (χ3n) is 3.50. The monoisotopic (exact) mass is 404 g/mol. The van der Waals surface area contributed by atoms with E-state index in [-0.39, 0.29) is 0 Å². The topological polar surface area (TPSA) is 36.3 Å². The van der Waals surface area contributed by atoms with E-state index in [1.165, 1.54) is 16.9 Å². The molecule has 0 bridgehead atoms. The van der Waals surface area contributed by atoms with Gasteiger partial charge >= 0.3 is 0 Å². The summed E-state index contributed by atoms with van der Waals surface area (Å²) >= 11 is 8.58. The van der Waals surface area contributed by atoms with Crippen LogP contribution in [0.2, 0.25) is 0 Å². The van der Waals surface area contributed by atoms with Gasteiger partial charge in [0.2, 0.25) is 0 Å². The number of hydrogen-bond donors (Lipinski definition) is 0. The highest BCUT2D eigenvalue weighted by Crippen LogP contribution is 2.22. The van der Waals surface area contributed by atoms with E-state index in [1.54, 1.807) is 11.8 Å². The minimum absolute atomic E-state index is 0.544. The lowest BCUT2D eigenvalue weighted by Gasteiger charge is -2.06. The Morgan fingerprint density at radius 3 is 2.46 bits per heavy atom. The van der Waals surface area contributed by atoms with Gasteiger partial charge in [-0.05, 0) is 43.4 Å². The minimum atomic E-state index is 0.544. The van der Waals surface area contributed by atoms with Crippen molar-refractivity contribution in [3.8, 4) is 11.5 Å². The van der Waals surface area contributed by atoms with Gasteiger partial charge in [0.1, 0.15) is 18.1 Å². The highest BCUT2D eigenvalue weighted by atomic mass is 32.2. The van der Waals surface area contributed by atoms with E-state index in [9.17, 15) is 0 Å². The molecule has 2 aromatic carbocycles. The van der Waals surface area contributed by atoms with Crippen molar-refractivity contribution in [2.24, 2.45) is 0 Å². The summed E-state index contributed by atoms with van der Waals surface area (Å²) in [5.41, 5.74) is 1.22. The third-order valence-corrected chi connectivity index (χ3v) is 5.91. The number of nitrogens with zero attached hydrogens (tertiary/aromatic N) is 2. The van der Waals surface area contributed by atoms with E-state index >= 15 is 0 Å². The molecule has 26 heavy (non-hydrogen) atoms. The number of aryl methyl sites for hydroxylation is 1. The van der Waals surface area contributed by atoms with Gasteiger partial charge in [-0.3, -0.25) is 0 Å². The quantitative estimate of drug-likeness (QED) is 0.277. The second-order valence-electron chi connectivity index (χ2n) is 5.53. The Kier molecular flexibility index (Phi) is 7.11. The van der Waals surface area contributed by atoms with Crippen molar-refractivity contribution in [1.29, 1.82) is 0 Å². The second kappa shape index (κ2) is 9.75. The van der Waals surface area contributed by atoms with Crippen molar-refractivity contribution < 1.29 is 9.47 Å². The lowest BCUT2D eigenvalue weighted by molar-refractivity contribution is 0.289. The molecule has 3 rings (SSSR count). The summed E-state index contributed by atoms with van der Waals surface area (Å²) < 4.78 is 15.0. The average molecular weight is 405 g/mol. The summed E-state index contributed by atoms with van der Waals surface area (Å²) in [6.07, 6.45) is 0. The van der Waals surface area contributed by atoms with E-state index in [0.717, 1.165) is 25.5 Å². The molecule has 0 radical (unpaired) electrons. The fourth-order valence-corrected chi connectivity index (χ4v) is 4.45. The lowest BCUT2D eigenvalue weighted by atomic mass is 10.2. The molecule has 0 saturated carbocycles. The predicted molar refractivity (Wildman–Crippen MR) is 110 cm³/mol. The van der Waals surface area contributed by atoms with Crippen LogP contribution in [0.15, 0.2) is 58.9 Å². The predicted octanol–water partition coefficient (Wildman–Crippen LogP) is 5.23. The molecule has 1 aromatic heterocycles. The largest absolute Gasteiger partial charge is 0.493 e.